The van der Waals surface area contributed by atoms with Gasteiger partial charge in [0, 0.05) is 25.3 Å². The standard InChI is InChI=1S/C23H25N3O4/c1-15-4-10-20(29-3)19(12-15)26-14-17(13-22(26)27)23-24-21(30-25-23)11-7-16-5-8-18(28-2)9-6-16/h4-6,8-10,12,17H,7,11,13-14H2,1-3H3. The lowest BCUT2D eigenvalue weighted by molar-refractivity contribution is -0.117. The van der Waals surface area contributed by atoms with Gasteiger partial charge < -0.3 is 18.9 Å². The zero-order valence-electron chi connectivity index (χ0n) is 17.4. The number of nitrogens with zero attached hydrogens (tertiary/aromatic N) is 3. The van der Waals surface area contributed by atoms with Crippen molar-refractivity contribution in [3.63, 3.8) is 0 Å². The molecule has 1 saturated heterocycles. The molecule has 7 heteroatoms. The van der Waals surface area contributed by atoms with E-state index in [1.807, 2.05) is 49.4 Å². The van der Waals surface area contributed by atoms with E-state index in [9.17, 15) is 4.79 Å². The number of carbonyl (C=O) groups excluding carboxylic acids is 1. The van der Waals surface area contributed by atoms with Crippen LogP contribution in [0.3, 0.4) is 0 Å². The van der Waals surface area contributed by atoms with Crippen molar-refractivity contribution >= 4 is 11.6 Å². The zero-order valence-corrected chi connectivity index (χ0v) is 17.4. The number of benzene rings is 2. The number of hydrogen-bond acceptors (Lipinski definition) is 6. The van der Waals surface area contributed by atoms with Crippen LogP contribution in [-0.4, -0.2) is 36.8 Å². The fraction of sp³-hybridized carbons (Fsp3) is 0.348. The van der Waals surface area contributed by atoms with Crippen LogP contribution in [0.4, 0.5) is 5.69 Å². The number of hydrogen-bond donors (Lipinski definition) is 0. The van der Waals surface area contributed by atoms with E-state index in [-0.39, 0.29) is 11.8 Å². The first-order chi connectivity index (χ1) is 14.6. The van der Waals surface area contributed by atoms with Crippen LogP contribution in [0.2, 0.25) is 0 Å². The van der Waals surface area contributed by atoms with Crippen molar-refractivity contribution in [2.24, 2.45) is 0 Å². The van der Waals surface area contributed by atoms with Crippen molar-refractivity contribution in [1.82, 2.24) is 10.1 Å². The van der Waals surface area contributed by atoms with Crippen molar-refractivity contribution in [3.8, 4) is 11.5 Å². The summed E-state index contributed by atoms with van der Waals surface area (Å²) in [7, 11) is 3.26. The van der Waals surface area contributed by atoms with Crippen molar-refractivity contribution in [2.75, 3.05) is 25.7 Å². The van der Waals surface area contributed by atoms with Gasteiger partial charge in [-0.1, -0.05) is 23.4 Å². The molecule has 0 aliphatic carbocycles. The van der Waals surface area contributed by atoms with Crippen molar-refractivity contribution < 1.29 is 18.8 Å². The third kappa shape index (κ3) is 4.15. The molecule has 1 aliphatic heterocycles. The van der Waals surface area contributed by atoms with Gasteiger partial charge >= 0.3 is 0 Å². The number of aromatic nitrogens is 2. The quantitative estimate of drug-likeness (QED) is 0.594. The minimum atomic E-state index is -0.0961. The van der Waals surface area contributed by atoms with E-state index in [0.717, 1.165) is 23.4 Å². The van der Waals surface area contributed by atoms with E-state index < -0.39 is 0 Å². The van der Waals surface area contributed by atoms with Gasteiger partial charge in [-0.25, -0.2) is 0 Å². The first-order valence-corrected chi connectivity index (χ1v) is 9.98. The molecule has 3 aromatic rings. The molecule has 30 heavy (non-hydrogen) atoms. The molecule has 1 amide bonds. The molecular weight excluding hydrogens is 382 g/mol. The van der Waals surface area contributed by atoms with Gasteiger partial charge in [0.1, 0.15) is 11.5 Å². The molecule has 1 unspecified atom stereocenters. The van der Waals surface area contributed by atoms with Crippen LogP contribution in [0.15, 0.2) is 47.0 Å². The summed E-state index contributed by atoms with van der Waals surface area (Å²) in [6.45, 7) is 2.51. The predicted molar refractivity (Wildman–Crippen MR) is 112 cm³/mol. The molecule has 7 nitrogen and oxygen atoms in total. The van der Waals surface area contributed by atoms with Crippen molar-refractivity contribution in [2.45, 2.75) is 32.1 Å². The lowest BCUT2D eigenvalue weighted by Crippen LogP contribution is -2.25. The maximum Gasteiger partial charge on any atom is 0.227 e. The van der Waals surface area contributed by atoms with Crippen LogP contribution in [0.25, 0.3) is 0 Å². The number of aryl methyl sites for hydroxylation is 3. The summed E-state index contributed by atoms with van der Waals surface area (Å²) in [4.78, 5) is 19.0. The second kappa shape index (κ2) is 8.57. The maximum absolute atomic E-state index is 12.7. The van der Waals surface area contributed by atoms with Gasteiger partial charge in [-0.2, -0.15) is 4.98 Å². The highest BCUT2D eigenvalue weighted by Crippen LogP contribution is 2.36. The highest BCUT2D eigenvalue weighted by atomic mass is 16.5. The summed E-state index contributed by atoms with van der Waals surface area (Å²) in [6.07, 6.45) is 1.80. The first-order valence-electron chi connectivity index (χ1n) is 9.98. The molecule has 1 fully saturated rings. The topological polar surface area (TPSA) is 77.7 Å². The second-order valence-electron chi connectivity index (χ2n) is 7.48. The fourth-order valence-electron chi connectivity index (χ4n) is 3.70. The summed E-state index contributed by atoms with van der Waals surface area (Å²) in [5.41, 5.74) is 3.03. The van der Waals surface area contributed by atoms with Crippen LogP contribution >= 0.6 is 0 Å². The van der Waals surface area contributed by atoms with Crippen LogP contribution in [-0.2, 0) is 17.6 Å². The number of ether oxygens (including phenoxy) is 2. The number of methoxy groups -OCH3 is 2. The Hall–Kier alpha value is -3.35. The van der Waals surface area contributed by atoms with Crippen molar-refractivity contribution in [1.29, 1.82) is 0 Å². The van der Waals surface area contributed by atoms with Gasteiger partial charge in [0.05, 0.1) is 19.9 Å². The SMILES string of the molecule is COc1ccc(CCc2nc(C3CC(=O)N(c4cc(C)ccc4OC)C3)no2)cc1. The third-order valence-corrected chi connectivity index (χ3v) is 5.39. The summed E-state index contributed by atoms with van der Waals surface area (Å²) in [5, 5.41) is 4.14. The summed E-state index contributed by atoms with van der Waals surface area (Å²) in [6, 6.07) is 13.7. The van der Waals surface area contributed by atoms with E-state index in [1.54, 1.807) is 19.1 Å². The van der Waals surface area contributed by atoms with E-state index in [4.69, 9.17) is 14.0 Å². The van der Waals surface area contributed by atoms with Gasteiger partial charge in [0.15, 0.2) is 5.82 Å². The van der Waals surface area contributed by atoms with Crippen LogP contribution in [0.5, 0.6) is 11.5 Å². The van der Waals surface area contributed by atoms with E-state index >= 15 is 0 Å². The molecule has 0 radical (unpaired) electrons. The highest BCUT2D eigenvalue weighted by molar-refractivity contribution is 5.97. The monoisotopic (exact) mass is 407 g/mol. The molecule has 4 rings (SSSR count). The average molecular weight is 407 g/mol. The first kappa shape index (κ1) is 19.9. The molecule has 0 saturated carbocycles. The smallest absolute Gasteiger partial charge is 0.227 e. The van der Waals surface area contributed by atoms with E-state index in [2.05, 4.69) is 10.1 Å². The predicted octanol–water partition coefficient (Wildman–Crippen LogP) is 3.70. The molecule has 0 N–H and O–H groups in total. The number of rotatable bonds is 7. The van der Waals surface area contributed by atoms with Gasteiger partial charge in [0.2, 0.25) is 11.8 Å². The normalized spacial score (nSPS) is 16.2. The van der Waals surface area contributed by atoms with E-state index in [1.165, 1.54) is 5.56 Å². The molecule has 156 valence electrons. The minimum absolute atomic E-state index is 0.0356. The molecule has 2 aromatic carbocycles. The van der Waals surface area contributed by atoms with Gasteiger partial charge in [-0.3, -0.25) is 4.79 Å². The minimum Gasteiger partial charge on any atom is -0.497 e. The number of carbonyl (C=O) groups is 1. The molecule has 1 aromatic heterocycles. The Morgan fingerprint density at radius 3 is 2.63 bits per heavy atom. The fourth-order valence-corrected chi connectivity index (χ4v) is 3.70. The lowest BCUT2D eigenvalue weighted by atomic mass is 10.1. The number of anilines is 1. The number of amides is 1. The Labute approximate surface area is 175 Å². The molecule has 2 heterocycles. The lowest BCUT2D eigenvalue weighted by Gasteiger charge is -2.19. The molecule has 1 atom stereocenters. The zero-order chi connectivity index (χ0) is 21.1. The third-order valence-electron chi connectivity index (χ3n) is 5.39. The Kier molecular flexibility index (Phi) is 5.70. The summed E-state index contributed by atoms with van der Waals surface area (Å²) >= 11 is 0. The van der Waals surface area contributed by atoms with Gasteiger partial charge in [0.25, 0.3) is 0 Å². The molecule has 0 spiro atoms. The molecule has 1 aliphatic rings. The average Bonchev–Trinajstić information content (AvgIpc) is 3.39. The van der Waals surface area contributed by atoms with Gasteiger partial charge in [-0.15, -0.1) is 0 Å². The molecular formula is C23H25N3O4. The van der Waals surface area contributed by atoms with Crippen LogP contribution in [0.1, 0.15) is 35.2 Å². The Bertz CT molecular complexity index is 1030. The maximum atomic E-state index is 12.7. The highest BCUT2D eigenvalue weighted by Gasteiger charge is 2.35. The molecule has 0 bridgehead atoms. The van der Waals surface area contributed by atoms with Crippen LogP contribution < -0.4 is 14.4 Å². The second-order valence-corrected chi connectivity index (χ2v) is 7.48. The summed E-state index contributed by atoms with van der Waals surface area (Å²) in [5.74, 6) is 2.62. The van der Waals surface area contributed by atoms with Crippen molar-refractivity contribution in [3.05, 3.63) is 65.3 Å². The summed E-state index contributed by atoms with van der Waals surface area (Å²) < 4.78 is 16.1. The van der Waals surface area contributed by atoms with Crippen LogP contribution in [0, 0.1) is 6.92 Å². The van der Waals surface area contributed by atoms with E-state index in [0.29, 0.717) is 36.9 Å². The Morgan fingerprint density at radius 2 is 1.90 bits per heavy atom. The Morgan fingerprint density at radius 1 is 1.10 bits per heavy atom. The largest absolute Gasteiger partial charge is 0.497 e. The Balaban J connectivity index is 1.42. The van der Waals surface area contributed by atoms with Gasteiger partial charge in [-0.05, 0) is 48.7 Å².